The minimum atomic E-state index is -0.512. The van der Waals surface area contributed by atoms with Gasteiger partial charge in [-0.2, -0.15) is 0 Å². The van der Waals surface area contributed by atoms with Gasteiger partial charge in [-0.1, -0.05) is 6.42 Å². The molecule has 3 atom stereocenters. The number of nitrogens with one attached hydrogen (secondary N) is 1. The Morgan fingerprint density at radius 2 is 2.24 bits per heavy atom. The first-order valence-electron chi connectivity index (χ1n) is 8.54. The fraction of sp³-hybridized carbons (Fsp3) is 0.938. The zero-order chi connectivity index (χ0) is 14.7. The molecule has 5 heteroatoms. The molecule has 0 aromatic rings. The van der Waals surface area contributed by atoms with E-state index in [1.54, 1.807) is 0 Å². The predicted octanol–water partition coefficient (Wildman–Crippen LogP) is 1.32. The van der Waals surface area contributed by atoms with Gasteiger partial charge in [-0.05, 0) is 45.6 Å². The molecule has 0 amide bonds. The number of esters is 1. The molecule has 3 fully saturated rings. The fourth-order valence-electron chi connectivity index (χ4n) is 4.18. The lowest BCUT2D eigenvalue weighted by Crippen LogP contribution is -2.62. The SMILES string of the molecule is CCOC(=O)C1(NCC2CCCO2)CCN2CCCCC21. The summed E-state index contributed by atoms with van der Waals surface area (Å²) >= 11 is 0. The molecule has 0 radical (unpaired) electrons. The van der Waals surface area contributed by atoms with Crippen LogP contribution in [0.1, 0.15) is 45.4 Å². The molecule has 0 bridgehead atoms. The number of nitrogens with zero attached hydrogens (tertiary/aromatic N) is 1. The van der Waals surface area contributed by atoms with Crippen LogP contribution in [-0.4, -0.2) is 61.4 Å². The van der Waals surface area contributed by atoms with E-state index in [4.69, 9.17) is 9.47 Å². The second-order valence-electron chi connectivity index (χ2n) is 6.51. The maximum atomic E-state index is 12.7. The molecule has 3 rings (SSSR count). The lowest BCUT2D eigenvalue weighted by Gasteiger charge is -2.40. The average Bonchev–Trinajstić information content (AvgIpc) is 3.14. The molecule has 3 unspecified atom stereocenters. The number of piperidine rings is 1. The molecule has 1 N–H and O–H groups in total. The summed E-state index contributed by atoms with van der Waals surface area (Å²) < 4.78 is 11.1. The first-order valence-corrected chi connectivity index (χ1v) is 8.54. The van der Waals surface area contributed by atoms with Crippen LogP contribution < -0.4 is 5.32 Å². The molecular formula is C16H28N2O3. The molecule has 0 aromatic heterocycles. The van der Waals surface area contributed by atoms with Crippen LogP contribution in [0.4, 0.5) is 0 Å². The monoisotopic (exact) mass is 296 g/mol. The number of hydrogen-bond acceptors (Lipinski definition) is 5. The van der Waals surface area contributed by atoms with E-state index >= 15 is 0 Å². The summed E-state index contributed by atoms with van der Waals surface area (Å²) in [7, 11) is 0. The van der Waals surface area contributed by atoms with Crippen molar-refractivity contribution in [2.24, 2.45) is 0 Å². The molecule has 0 spiro atoms. The van der Waals surface area contributed by atoms with Crippen LogP contribution in [0, 0.1) is 0 Å². The Labute approximate surface area is 127 Å². The second kappa shape index (κ2) is 6.63. The van der Waals surface area contributed by atoms with E-state index < -0.39 is 5.54 Å². The molecule has 21 heavy (non-hydrogen) atoms. The van der Waals surface area contributed by atoms with Crippen molar-refractivity contribution in [1.29, 1.82) is 0 Å². The van der Waals surface area contributed by atoms with Crippen molar-refractivity contribution in [1.82, 2.24) is 10.2 Å². The number of carbonyl (C=O) groups excluding carboxylic acids is 1. The lowest BCUT2D eigenvalue weighted by atomic mass is 9.85. The van der Waals surface area contributed by atoms with Crippen molar-refractivity contribution in [2.75, 3.05) is 32.8 Å². The van der Waals surface area contributed by atoms with Crippen LogP contribution in [0.3, 0.4) is 0 Å². The third-order valence-electron chi connectivity index (χ3n) is 5.28. The van der Waals surface area contributed by atoms with Gasteiger partial charge in [-0.15, -0.1) is 0 Å². The van der Waals surface area contributed by atoms with Crippen LogP contribution in [0.5, 0.6) is 0 Å². The van der Waals surface area contributed by atoms with Crippen molar-refractivity contribution in [2.45, 2.75) is 63.1 Å². The highest BCUT2D eigenvalue weighted by Gasteiger charge is 2.54. The largest absolute Gasteiger partial charge is 0.465 e. The highest BCUT2D eigenvalue weighted by atomic mass is 16.5. The van der Waals surface area contributed by atoms with E-state index in [0.29, 0.717) is 12.6 Å². The Morgan fingerprint density at radius 1 is 1.33 bits per heavy atom. The van der Waals surface area contributed by atoms with Gasteiger partial charge < -0.3 is 9.47 Å². The maximum Gasteiger partial charge on any atom is 0.328 e. The molecule has 3 heterocycles. The van der Waals surface area contributed by atoms with E-state index in [0.717, 1.165) is 51.9 Å². The predicted molar refractivity (Wildman–Crippen MR) is 80.2 cm³/mol. The number of hydrogen-bond donors (Lipinski definition) is 1. The van der Waals surface area contributed by atoms with E-state index in [1.165, 1.54) is 12.8 Å². The molecule has 5 nitrogen and oxygen atoms in total. The van der Waals surface area contributed by atoms with E-state index in [-0.39, 0.29) is 12.1 Å². The Kier molecular flexibility index (Phi) is 4.82. The van der Waals surface area contributed by atoms with E-state index in [1.807, 2.05) is 6.92 Å². The second-order valence-corrected chi connectivity index (χ2v) is 6.51. The summed E-state index contributed by atoms with van der Waals surface area (Å²) in [6, 6.07) is 0.298. The van der Waals surface area contributed by atoms with Crippen molar-refractivity contribution in [3.63, 3.8) is 0 Å². The van der Waals surface area contributed by atoms with Gasteiger partial charge in [-0.3, -0.25) is 10.2 Å². The number of fused-ring (bicyclic) bond motifs is 1. The van der Waals surface area contributed by atoms with Crippen molar-refractivity contribution in [3.8, 4) is 0 Å². The Balaban J connectivity index is 1.72. The van der Waals surface area contributed by atoms with E-state index in [2.05, 4.69) is 10.2 Å². The van der Waals surface area contributed by atoms with Gasteiger partial charge in [0.2, 0.25) is 0 Å². The zero-order valence-corrected chi connectivity index (χ0v) is 13.1. The van der Waals surface area contributed by atoms with Crippen LogP contribution in [-0.2, 0) is 14.3 Å². The summed E-state index contributed by atoms with van der Waals surface area (Å²) in [6.07, 6.45) is 6.91. The van der Waals surface area contributed by atoms with Gasteiger partial charge in [0.1, 0.15) is 5.54 Å². The standard InChI is InChI=1S/C16H28N2O3/c1-2-20-15(19)16(17-12-13-6-5-11-21-13)8-10-18-9-4-3-7-14(16)18/h13-14,17H,2-12H2,1H3. The highest BCUT2D eigenvalue weighted by molar-refractivity contribution is 5.82. The van der Waals surface area contributed by atoms with E-state index in [9.17, 15) is 4.79 Å². The molecule has 120 valence electrons. The fourth-order valence-corrected chi connectivity index (χ4v) is 4.18. The van der Waals surface area contributed by atoms with Crippen molar-refractivity contribution >= 4 is 5.97 Å². The normalized spacial score (nSPS) is 36.6. The molecule has 3 aliphatic heterocycles. The van der Waals surface area contributed by atoms with Crippen LogP contribution in [0.25, 0.3) is 0 Å². The quantitative estimate of drug-likeness (QED) is 0.775. The van der Waals surface area contributed by atoms with Gasteiger partial charge in [-0.25, -0.2) is 4.79 Å². The average molecular weight is 296 g/mol. The van der Waals surface area contributed by atoms with Crippen LogP contribution in [0.15, 0.2) is 0 Å². The van der Waals surface area contributed by atoms with Crippen molar-refractivity contribution < 1.29 is 14.3 Å². The summed E-state index contributed by atoms with van der Waals surface area (Å²) in [4.78, 5) is 15.1. The summed E-state index contributed by atoms with van der Waals surface area (Å²) in [5, 5.41) is 3.58. The smallest absolute Gasteiger partial charge is 0.328 e. The summed E-state index contributed by atoms with van der Waals surface area (Å²) in [5.41, 5.74) is -0.512. The lowest BCUT2D eigenvalue weighted by molar-refractivity contribution is -0.153. The molecule has 3 aliphatic rings. The molecule has 0 aliphatic carbocycles. The van der Waals surface area contributed by atoms with Gasteiger partial charge >= 0.3 is 5.97 Å². The van der Waals surface area contributed by atoms with Crippen LogP contribution >= 0.6 is 0 Å². The number of ether oxygens (including phenoxy) is 2. The minimum Gasteiger partial charge on any atom is -0.465 e. The Hall–Kier alpha value is -0.650. The van der Waals surface area contributed by atoms with Crippen molar-refractivity contribution in [3.05, 3.63) is 0 Å². The number of rotatable bonds is 5. The van der Waals surface area contributed by atoms with Gasteiger partial charge in [0, 0.05) is 25.7 Å². The Morgan fingerprint density at radius 3 is 3.00 bits per heavy atom. The van der Waals surface area contributed by atoms with Gasteiger partial charge in [0.05, 0.1) is 12.7 Å². The topological polar surface area (TPSA) is 50.8 Å². The molecule has 3 saturated heterocycles. The Bertz CT molecular complexity index is 371. The van der Waals surface area contributed by atoms with Crippen LogP contribution in [0.2, 0.25) is 0 Å². The summed E-state index contributed by atoms with van der Waals surface area (Å²) in [6.45, 7) is 6.08. The maximum absolute atomic E-state index is 12.7. The zero-order valence-electron chi connectivity index (χ0n) is 13.1. The third kappa shape index (κ3) is 2.96. The first kappa shape index (κ1) is 15.3. The first-order chi connectivity index (χ1) is 10.3. The van der Waals surface area contributed by atoms with Gasteiger partial charge in [0.15, 0.2) is 0 Å². The molecule has 0 saturated carbocycles. The molecule has 0 aromatic carbocycles. The minimum absolute atomic E-state index is 0.0580. The third-order valence-corrected chi connectivity index (χ3v) is 5.28. The summed E-state index contributed by atoms with van der Waals surface area (Å²) in [5.74, 6) is -0.0580. The molecular weight excluding hydrogens is 268 g/mol. The van der Waals surface area contributed by atoms with Gasteiger partial charge in [0.25, 0.3) is 0 Å². The highest BCUT2D eigenvalue weighted by Crippen LogP contribution is 2.36. The number of carbonyl (C=O) groups is 1.